The lowest BCUT2D eigenvalue weighted by molar-refractivity contribution is 0.102. The Bertz CT molecular complexity index is 814. The van der Waals surface area contributed by atoms with Crippen molar-refractivity contribution in [2.75, 3.05) is 17.3 Å². The molecule has 0 aliphatic heterocycles. The maximum atomic E-state index is 12.4. The molecule has 0 atom stereocenters. The number of nitrogen functional groups attached to an aromatic ring is 1. The molecule has 4 nitrogen and oxygen atoms in total. The minimum atomic E-state index is -0.175. The van der Waals surface area contributed by atoms with Gasteiger partial charge in [0.25, 0.3) is 5.91 Å². The third kappa shape index (κ3) is 3.55. The molecule has 0 unspecified atom stereocenters. The fourth-order valence-electron chi connectivity index (χ4n) is 2.11. The highest BCUT2D eigenvalue weighted by Crippen LogP contribution is 2.29. The molecule has 6 heteroatoms. The number of amides is 1. The summed E-state index contributed by atoms with van der Waals surface area (Å²) in [7, 11) is 0. The number of nitrogens with zero attached hydrogens (tertiary/aromatic N) is 1. The van der Waals surface area contributed by atoms with Crippen molar-refractivity contribution < 1.29 is 4.79 Å². The Kier molecular flexibility index (Phi) is 4.64. The van der Waals surface area contributed by atoms with E-state index in [0.717, 1.165) is 15.3 Å². The van der Waals surface area contributed by atoms with E-state index in [1.54, 1.807) is 40.9 Å². The molecule has 1 amide bonds. The van der Waals surface area contributed by atoms with Crippen LogP contribution in [0.3, 0.4) is 0 Å². The fourth-order valence-corrected chi connectivity index (χ4v) is 3.14. The highest BCUT2D eigenvalue weighted by molar-refractivity contribution is 7.98. The van der Waals surface area contributed by atoms with E-state index >= 15 is 0 Å². The van der Waals surface area contributed by atoms with E-state index in [0.29, 0.717) is 16.9 Å². The molecular formula is C17H15N3OS2. The van der Waals surface area contributed by atoms with Crippen LogP contribution in [-0.4, -0.2) is 17.1 Å². The average molecular weight is 341 g/mol. The number of nitrogens with two attached hydrogens (primary N) is 1. The van der Waals surface area contributed by atoms with Crippen molar-refractivity contribution in [2.24, 2.45) is 0 Å². The monoisotopic (exact) mass is 341 g/mol. The van der Waals surface area contributed by atoms with Crippen molar-refractivity contribution in [3.8, 4) is 10.4 Å². The largest absolute Gasteiger partial charge is 0.397 e. The van der Waals surface area contributed by atoms with Crippen LogP contribution in [0.2, 0.25) is 0 Å². The number of carbonyl (C=O) groups excluding carboxylic acids is 1. The van der Waals surface area contributed by atoms with Crippen LogP contribution in [-0.2, 0) is 0 Å². The summed E-state index contributed by atoms with van der Waals surface area (Å²) in [5.74, 6) is -0.175. The van der Waals surface area contributed by atoms with Crippen molar-refractivity contribution in [3.05, 3.63) is 59.7 Å². The third-order valence-corrected chi connectivity index (χ3v) is 4.94. The van der Waals surface area contributed by atoms with Gasteiger partial charge in [0.2, 0.25) is 0 Å². The lowest BCUT2D eigenvalue weighted by Gasteiger charge is -2.10. The molecule has 1 aromatic heterocycles. The summed E-state index contributed by atoms with van der Waals surface area (Å²) >= 11 is 3.18. The molecule has 3 rings (SSSR count). The van der Waals surface area contributed by atoms with Crippen molar-refractivity contribution in [2.45, 2.75) is 4.90 Å². The molecule has 23 heavy (non-hydrogen) atoms. The van der Waals surface area contributed by atoms with Gasteiger partial charge in [-0.1, -0.05) is 6.07 Å². The van der Waals surface area contributed by atoms with Gasteiger partial charge in [0, 0.05) is 16.7 Å². The van der Waals surface area contributed by atoms with Crippen LogP contribution < -0.4 is 11.1 Å². The van der Waals surface area contributed by atoms with Gasteiger partial charge in [-0.05, 0) is 48.2 Å². The standard InChI is InChI=1S/C17H15N3OS2/c1-22-13-5-2-11(3-6-13)17(21)20-15-8-12(4-7-14(15)18)16-9-19-10-23-16/h2-10H,18H2,1H3,(H,20,21). The van der Waals surface area contributed by atoms with E-state index in [4.69, 9.17) is 5.73 Å². The predicted octanol–water partition coefficient (Wildman–Crippen LogP) is 4.37. The van der Waals surface area contributed by atoms with Crippen LogP contribution in [0.1, 0.15) is 10.4 Å². The Morgan fingerprint density at radius 1 is 1.22 bits per heavy atom. The van der Waals surface area contributed by atoms with E-state index < -0.39 is 0 Å². The topological polar surface area (TPSA) is 68.0 Å². The number of thiazole rings is 1. The smallest absolute Gasteiger partial charge is 0.255 e. The number of benzene rings is 2. The molecule has 3 aromatic rings. The summed E-state index contributed by atoms with van der Waals surface area (Å²) in [6.45, 7) is 0. The summed E-state index contributed by atoms with van der Waals surface area (Å²) in [5, 5.41) is 2.88. The number of rotatable bonds is 4. The molecule has 2 aromatic carbocycles. The number of nitrogens with one attached hydrogen (secondary N) is 1. The van der Waals surface area contributed by atoms with Crippen LogP contribution in [0.5, 0.6) is 0 Å². The van der Waals surface area contributed by atoms with E-state index in [-0.39, 0.29) is 5.91 Å². The Hall–Kier alpha value is -2.31. The maximum absolute atomic E-state index is 12.4. The van der Waals surface area contributed by atoms with Gasteiger partial charge in [-0.25, -0.2) is 0 Å². The molecular weight excluding hydrogens is 326 g/mol. The molecule has 1 heterocycles. The van der Waals surface area contributed by atoms with E-state index in [1.165, 1.54) is 0 Å². The van der Waals surface area contributed by atoms with E-state index in [1.807, 2.05) is 42.7 Å². The van der Waals surface area contributed by atoms with Gasteiger partial charge in [-0.15, -0.1) is 23.1 Å². The SMILES string of the molecule is CSc1ccc(C(=O)Nc2cc(-c3cncs3)ccc2N)cc1. The predicted molar refractivity (Wildman–Crippen MR) is 98.1 cm³/mol. The second-order valence-corrected chi connectivity index (χ2v) is 6.62. The Labute approximate surface area is 142 Å². The van der Waals surface area contributed by atoms with Crippen LogP contribution in [0.25, 0.3) is 10.4 Å². The summed E-state index contributed by atoms with van der Waals surface area (Å²) in [4.78, 5) is 18.6. The lowest BCUT2D eigenvalue weighted by Crippen LogP contribution is -2.13. The van der Waals surface area contributed by atoms with Crippen molar-refractivity contribution in [1.29, 1.82) is 0 Å². The number of carbonyl (C=O) groups is 1. The molecule has 3 N–H and O–H groups in total. The first-order valence-electron chi connectivity index (χ1n) is 6.91. The van der Waals surface area contributed by atoms with Gasteiger partial charge in [-0.2, -0.15) is 0 Å². The van der Waals surface area contributed by atoms with Crippen molar-refractivity contribution >= 4 is 40.4 Å². The van der Waals surface area contributed by atoms with Gasteiger partial charge in [0.1, 0.15) is 0 Å². The summed E-state index contributed by atoms with van der Waals surface area (Å²) in [6, 6.07) is 13.1. The number of anilines is 2. The molecule has 116 valence electrons. The first-order valence-corrected chi connectivity index (χ1v) is 9.01. The molecule has 0 fully saturated rings. The van der Waals surface area contributed by atoms with Crippen molar-refractivity contribution in [1.82, 2.24) is 4.98 Å². The maximum Gasteiger partial charge on any atom is 0.255 e. The zero-order valence-corrected chi connectivity index (χ0v) is 14.1. The molecule has 0 radical (unpaired) electrons. The molecule has 0 spiro atoms. The second-order valence-electron chi connectivity index (χ2n) is 4.85. The zero-order valence-electron chi connectivity index (χ0n) is 12.4. The number of hydrogen-bond donors (Lipinski definition) is 2. The van der Waals surface area contributed by atoms with Gasteiger partial charge in [-0.3, -0.25) is 9.78 Å². The Morgan fingerprint density at radius 3 is 2.65 bits per heavy atom. The Balaban J connectivity index is 1.83. The van der Waals surface area contributed by atoms with Crippen LogP contribution in [0, 0.1) is 0 Å². The number of thioether (sulfide) groups is 1. The summed E-state index contributed by atoms with van der Waals surface area (Å²) < 4.78 is 0. The normalized spacial score (nSPS) is 10.5. The molecule has 0 aliphatic rings. The minimum Gasteiger partial charge on any atom is -0.397 e. The number of aromatic nitrogens is 1. The van der Waals surface area contributed by atoms with E-state index in [2.05, 4.69) is 10.3 Å². The first kappa shape index (κ1) is 15.6. The molecule has 0 saturated carbocycles. The first-order chi connectivity index (χ1) is 11.2. The quantitative estimate of drug-likeness (QED) is 0.546. The summed E-state index contributed by atoms with van der Waals surface area (Å²) in [5.41, 5.74) is 10.5. The third-order valence-electron chi connectivity index (χ3n) is 3.37. The van der Waals surface area contributed by atoms with Crippen LogP contribution >= 0.6 is 23.1 Å². The van der Waals surface area contributed by atoms with Crippen molar-refractivity contribution in [3.63, 3.8) is 0 Å². The second kappa shape index (κ2) is 6.85. The lowest BCUT2D eigenvalue weighted by atomic mass is 10.1. The summed E-state index contributed by atoms with van der Waals surface area (Å²) in [6.07, 6.45) is 3.80. The van der Waals surface area contributed by atoms with Crippen LogP contribution in [0.4, 0.5) is 11.4 Å². The Morgan fingerprint density at radius 2 is 2.00 bits per heavy atom. The molecule has 0 saturated heterocycles. The van der Waals surface area contributed by atoms with Gasteiger partial charge >= 0.3 is 0 Å². The van der Waals surface area contributed by atoms with Gasteiger partial charge < -0.3 is 11.1 Å². The zero-order chi connectivity index (χ0) is 16.2. The van der Waals surface area contributed by atoms with E-state index in [9.17, 15) is 4.79 Å². The molecule has 0 aliphatic carbocycles. The highest BCUT2D eigenvalue weighted by Gasteiger charge is 2.10. The number of hydrogen-bond acceptors (Lipinski definition) is 5. The van der Waals surface area contributed by atoms with Gasteiger partial charge in [0.05, 0.1) is 21.8 Å². The average Bonchev–Trinajstić information content (AvgIpc) is 3.11. The van der Waals surface area contributed by atoms with Gasteiger partial charge in [0.15, 0.2) is 0 Å². The minimum absolute atomic E-state index is 0.175. The van der Waals surface area contributed by atoms with Crippen LogP contribution in [0.15, 0.2) is 59.1 Å². The fraction of sp³-hybridized carbons (Fsp3) is 0.0588. The highest BCUT2D eigenvalue weighted by atomic mass is 32.2. The molecule has 0 bridgehead atoms.